The molecule has 1 aromatic carbocycles. The number of fused-ring (bicyclic) bond motifs is 3. The molecule has 4 aliphatic rings. The summed E-state index contributed by atoms with van der Waals surface area (Å²) in [4.78, 5) is 12.6. The number of ether oxygens (including phenoxy) is 1. The van der Waals surface area contributed by atoms with Crippen LogP contribution in [0.2, 0.25) is 0 Å². The normalized spacial score (nSPS) is 36.3. The topological polar surface area (TPSA) is 26.3 Å². The number of rotatable bonds is 3. The first-order chi connectivity index (χ1) is 14.4. The molecule has 0 spiro atoms. The van der Waals surface area contributed by atoms with Gasteiger partial charge in [0, 0.05) is 5.41 Å². The summed E-state index contributed by atoms with van der Waals surface area (Å²) in [6.07, 6.45) is 1.70. The summed E-state index contributed by atoms with van der Waals surface area (Å²) in [5.74, 6) is -12.9. The van der Waals surface area contributed by atoms with Gasteiger partial charge in [0.1, 0.15) is 0 Å². The fourth-order valence-corrected chi connectivity index (χ4v) is 5.51. The smallest absolute Gasteiger partial charge is 0.349 e. The molecule has 4 fully saturated rings. The van der Waals surface area contributed by atoms with E-state index in [-0.39, 0.29) is 24.3 Å². The lowest BCUT2D eigenvalue weighted by molar-refractivity contribution is -0.376. The fourth-order valence-electron chi connectivity index (χ4n) is 5.51. The van der Waals surface area contributed by atoms with E-state index in [1.807, 2.05) is 0 Å². The quantitative estimate of drug-likeness (QED) is 0.367. The van der Waals surface area contributed by atoms with Crippen LogP contribution in [0.15, 0.2) is 12.1 Å². The van der Waals surface area contributed by atoms with E-state index < -0.39 is 58.9 Å². The Kier molecular flexibility index (Phi) is 5.17. The van der Waals surface area contributed by atoms with Gasteiger partial charge in [0.2, 0.25) is 0 Å². The number of halogens is 6. The highest BCUT2D eigenvalue weighted by atomic mass is 19.3. The number of alkyl halides is 4. The second kappa shape index (κ2) is 7.14. The number of carbonyl (C=O) groups is 1. The molecule has 31 heavy (non-hydrogen) atoms. The van der Waals surface area contributed by atoms with Gasteiger partial charge in [-0.3, -0.25) is 0 Å². The second-order valence-corrected chi connectivity index (χ2v) is 9.88. The van der Waals surface area contributed by atoms with Gasteiger partial charge in [-0.25, -0.2) is 13.6 Å². The molecule has 0 radical (unpaired) electrons. The molecule has 0 saturated heterocycles. The Morgan fingerprint density at radius 3 is 2.06 bits per heavy atom. The zero-order valence-corrected chi connectivity index (χ0v) is 17.6. The molecular weight excluding hydrogens is 422 g/mol. The van der Waals surface area contributed by atoms with Crippen molar-refractivity contribution in [1.29, 1.82) is 0 Å². The summed E-state index contributed by atoms with van der Waals surface area (Å²) in [6.45, 7) is 3.19. The molecule has 0 N–H and O–H groups in total. The van der Waals surface area contributed by atoms with Gasteiger partial charge in [0.25, 0.3) is 0 Å². The number of carbonyl (C=O) groups excluding carboxylic acids is 1. The Labute approximate surface area is 177 Å². The minimum Gasteiger partial charge on any atom is -0.449 e. The maximum absolute atomic E-state index is 14.8. The van der Waals surface area contributed by atoms with Crippen molar-refractivity contribution in [3.05, 3.63) is 34.9 Å². The van der Waals surface area contributed by atoms with Gasteiger partial charge in [0.05, 0.1) is 5.56 Å². The highest BCUT2D eigenvalue weighted by Gasteiger charge is 2.82. The summed E-state index contributed by atoms with van der Waals surface area (Å²) in [5.41, 5.74) is -5.33. The van der Waals surface area contributed by atoms with Gasteiger partial charge in [-0.1, -0.05) is 32.8 Å². The van der Waals surface area contributed by atoms with E-state index in [9.17, 15) is 31.1 Å². The summed E-state index contributed by atoms with van der Waals surface area (Å²) >= 11 is 0. The van der Waals surface area contributed by atoms with E-state index in [1.54, 1.807) is 0 Å². The molecule has 0 unspecified atom stereocenters. The van der Waals surface area contributed by atoms with Crippen molar-refractivity contribution in [3.63, 3.8) is 0 Å². The van der Waals surface area contributed by atoms with Crippen LogP contribution in [0.4, 0.5) is 26.3 Å². The maximum Gasteiger partial charge on any atom is 0.349 e. The Bertz CT molecular complexity index is 880. The predicted molar refractivity (Wildman–Crippen MR) is 101 cm³/mol. The molecule has 2 nitrogen and oxygen atoms in total. The monoisotopic (exact) mass is 448 g/mol. The summed E-state index contributed by atoms with van der Waals surface area (Å²) < 4.78 is 93.0. The van der Waals surface area contributed by atoms with Crippen molar-refractivity contribution < 1.29 is 35.9 Å². The van der Waals surface area contributed by atoms with Crippen LogP contribution in [0.25, 0.3) is 0 Å². The van der Waals surface area contributed by atoms with Gasteiger partial charge < -0.3 is 4.74 Å². The lowest BCUT2D eigenvalue weighted by atomic mass is 9.55. The van der Waals surface area contributed by atoms with Gasteiger partial charge in [-0.05, 0) is 62.0 Å². The molecule has 5 rings (SSSR count). The Morgan fingerprint density at radius 1 is 0.903 bits per heavy atom. The van der Waals surface area contributed by atoms with Crippen molar-refractivity contribution in [1.82, 2.24) is 0 Å². The van der Waals surface area contributed by atoms with E-state index in [1.165, 1.54) is 6.07 Å². The van der Waals surface area contributed by atoms with Crippen LogP contribution in [0, 0.1) is 23.0 Å². The molecule has 4 saturated carbocycles. The van der Waals surface area contributed by atoms with Gasteiger partial charge >= 0.3 is 17.8 Å². The summed E-state index contributed by atoms with van der Waals surface area (Å²) in [5, 5.41) is 0. The van der Waals surface area contributed by atoms with Crippen LogP contribution in [-0.2, 0) is 4.74 Å². The summed E-state index contributed by atoms with van der Waals surface area (Å²) in [6, 6.07) is 2.29. The van der Waals surface area contributed by atoms with Crippen molar-refractivity contribution in [3.8, 4) is 0 Å². The minimum atomic E-state index is -4.60. The third-order valence-corrected chi connectivity index (χ3v) is 7.96. The average Bonchev–Trinajstić information content (AvgIpc) is 2.71. The number of hydrogen-bond donors (Lipinski definition) is 0. The number of hydrogen-bond acceptors (Lipinski definition) is 2. The molecule has 0 aliphatic heterocycles. The van der Waals surface area contributed by atoms with Crippen LogP contribution in [-0.4, -0.2) is 23.4 Å². The number of esters is 1. The first-order valence-electron chi connectivity index (χ1n) is 10.8. The lowest BCUT2D eigenvalue weighted by Gasteiger charge is -2.58. The van der Waals surface area contributed by atoms with Crippen molar-refractivity contribution >= 4 is 5.97 Å². The molecule has 1 aromatic rings. The van der Waals surface area contributed by atoms with Gasteiger partial charge in [-0.2, -0.15) is 17.6 Å². The standard InChI is InChI=1S/C23H26F6O2/c1-13-3-5-14(6-4-13)15-7-8-16(18(25)17(15)24)19(30)31-21-11-9-20(2,10-12-21)22(26,27)23(21,28)29/h7-8,13-14H,3-6,9-12H2,1-2H3. The third kappa shape index (κ3) is 3.10. The molecule has 172 valence electrons. The predicted octanol–water partition coefficient (Wildman–Crippen LogP) is 7.02. The van der Waals surface area contributed by atoms with Crippen LogP contribution in [0.1, 0.15) is 87.1 Å². The van der Waals surface area contributed by atoms with E-state index in [0.717, 1.165) is 25.8 Å². The minimum absolute atomic E-state index is 0.141. The first-order valence-corrected chi connectivity index (χ1v) is 10.8. The molecule has 0 heterocycles. The third-order valence-electron chi connectivity index (χ3n) is 7.96. The fraction of sp³-hybridized carbons (Fsp3) is 0.696. The molecular formula is C23H26F6O2. The highest BCUT2D eigenvalue weighted by Crippen LogP contribution is 2.67. The zero-order chi connectivity index (χ0) is 22.8. The maximum atomic E-state index is 14.8. The van der Waals surface area contributed by atoms with Crippen LogP contribution in [0.3, 0.4) is 0 Å². The summed E-state index contributed by atoms with van der Waals surface area (Å²) in [7, 11) is 0. The van der Waals surface area contributed by atoms with Crippen molar-refractivity contribution in [2.75, 3.05) is 0 Å². The molecule has 8 heteroatoms. The molecule has 2 bridgehead atoms. The van der Waals surface area contributed by atoms with Crippen LogP contribution in [0.5, 0.6) is 0 Å². The second-order valence-electron chi connectivity index (χ2n) is 9.88. The van der Waals surface area contributed by atoms with Gasteiger partial charge in [0.15, 0.2) is 17.2 Å². The molecule has 0 amide bonds. The van der Waals surface area contributed by atoms with E-state index >= 15 is 0 Å². The van der Waals surface area contributed by atoms with E-state index in [4.69, 9.17) is 4.74 Å². The lowest BCUT2D eigenvalue weighted by Crippen LogP contribution is -2.73. The van der Waals surface area contributed by atoms with Crippen LogP contribution < -0.4 is 0 Å². The average molecular weight is 448 g/mol. The Balaban J connectivity index is 1.60. The van der Waals surface area contributed by atoms with Crippen molar-refractivity contribution in [2.24, 2.45) is 11.3 Å². The molecule has 4 aliphatic carbocycles. The van der Waals surface area contributed by atoms with Gasteiger partial charge in [-0.15, -0.1) is 0 Å². The SMILES string of the molecule is CC1CCC(c2ccc(C(=O)OC34CCC(C)(CC3)C(F)(F)C4(F)F)c(F)c2F)CC1. The largest absolute Gasteiger partial charge is 0.449 e. The Morgan fingerprint density at radius 2 is 1.48 bits per heavy atom. The van der Waals surface area contributed by atoms with Crippen LogP contribution >= 0.6 is 0 Å². The van der Waals surface area contributed by atoms with E-state index in [2.05, 4.69) is 6.92 Å². The van der Waals surface area contributed by atoms with Crippen molar-refractivity contribution in [2.45, 2.75) is 88.6 Å². The first kappa shape index (κ1) is 22.5. The Hall–Kier alpha value is -1.73. The van der Waals surface area contributed by atoms with E-state index in [0.29, 0.717) is 18.8 Å². The molecule has 0 aromatic heterocycles. The molecule has 0 atom stereocenters. The number of benzene rings is 1. The zero-order valence-electron chi connectivity index (χ0n) is 17.6. The highest BCUT2D eigenvalue weighted by molar-refractivity contribution is 5.90.